The molecular formula is C14H15N3O2S2. The monoisotopic (exact) mass is 321 g/mol. The van der Waals surface area contributed by atoms with E-state index in [1.165, 1.54) is 23.1 Å². The summed E-state index contributed by atoms with van der Waals surface area (Å²) in [7, 11) is 0. The van der Waals surface area contributed by atoms with Crippen molar-refractivity contribution in [3.63, 3.8) is 0 Å². The summed E-state index contributed by atoms with van der Waals surface area (Å²) < 4.78 is 0.665. The predicted molar refractivity (Wildman–Crippen MR) is 84.9 cm³/mol. The van der Waals surface area contributed by atoms with Crippen LogP contribution < -0.4 is 5.32 Å². The van der Waals surface area contributed by atoms with Gasteiger partial charge in [-0.05, 0) is 0 Å². The lowest BCUT2D eigenvalue weighted by Crippen LogP contribution is -2.17. The van der Waals surface area contributed by atoms with Crippen LogP contribution in [0.25, 0.3) is 0 Å². The van der Waals surface area contributed by atoms with Gasteiger partial charge in [0.15, 0.2) is 10.1 Å². The number of nitrogens with one attached hydrogen (secondary N) is 1. The van der Waals surface area contributed by atoms with Gasteiger partial charge in [-0.2, -0.15) is 0 Å². The molecule has 1 N–H and O–H groups in total. The molecule has 0 aliphatic heterocycles. The lowest BCUT2D eigenvalue weighted by Gasteiger charge is -2.02. The summed E-state index contributed by atoms with van der Waals surface area (Å²) in [6.07, 6.45) is 0. The molecular weight excluding hydrogens is 306 g/mol. The van der Waals surface area contributed by atoms with Crippen molar-refractivity contribution in [1.29, 1.82) is 0 Å². The number of Topliss-reactive ketones (excluding diaryl/α,β-unsaturated/α-hetero) is 1. The van der Waals surface area contributed by atoms with Crippen molar-refractivity contribution in [2.45, 2.75) is 18.2 Å². The largest absolute Gasteiger partial charge is 0.300 e. The first-order chi connectivity index (χ1) is 10.1. The third-order valence-corrected chi connectivity index (χ3v) is 4.56. The molecule has 110 valence electrons. The fraction of sp³-hybridized carbons (Fsp3) is 0.286. The molecule has 21 heavy (non-hydrogen) atoms. The van der Waals surface area contributed by atoms with E-state index in [-0.39, 0.29) is 17.6 Å². The number of hydrogen-bond donors (Lipinski definition) is 1. The van der Waals surface area contributed by atoms with E-state index in [2.05, 4.69) is 15.5 Å². The van der Waals surface area contributed by atoms with Crippen LogP contribution in [0.2, 0.25) is 0 Å². The summed E-state index contributed by atoms with van der Waals surface area (Å²) in [6, 6.07) is 9.12. The molecule has 7 heteroatoms. The van der Waals surface area contributed by atoms with Crippen LogP contribution in [0, 0.1) is 5.92 Å². The lowest BCUT2D eigenvalue weighted by molar-refractivity contribution is -0.118. The van der Waals surface area contributed by atoms with Gasteiger partial charge in [0.05, 0.1) is 5.75 Å². The van der Waals surface area contributed by atoms with Crippen molar-refractivity contribution in [3.05, 3.63) is 35.9 Å². The van der Waals surface area contributed by atoms with Gasteiger partial charge in [0.25, 0.3) is 0 Å². The minimum atomic E-state index is -0.107. The van der Waals surface area contributed by atoms with Crippen LogP contribution in [-0.2, 0) is 4.79 Å². The van der Waals surface area contributed by atoms with E-state index in [1.807, 2.05) is 32.0 Å². The molecule has 0 saturated heterocycles. The van der Waals surface area contributed by atoms with Crippen LogP contribution in [0.4, 0.5) is 5.13 Å². The van der Waals surface area contributed by atoms with Crippen LogP contribution in [-0.4, -0.2) is 27.6 Å². The fourth-order valence-corrected chi connectivity index (χ4v) is 3.05. The molecule has 1 heterocycles. The molecule has 0 fully saturated rings. The van der Waals surface area contributed by atoms with Crippen LogP contribution >= 0.6 is 23.1 Å². The molecule has 0 radical (unpaired) electrons. The van der Waals surface area contributed by atoms with Crippen molar-refractivity contribution >= 4 is 39.9 Å². The van der Waals surface area contributed by atoms with Gasteiger partial charge in [-0.3, -0.25) is 9.59 Å². The Kier molecular flexibility index (Phi) is 5.46. The molecule has 1 aromatic carbocycles. The number of benzene rings is 1. The Bertz CT molecular complexity index is 626. The molecule has 1 aromatic heterocycles. The lowest BCUT2D eigenvalue weighted by atomic mass is 10.2. The van der Waals surface area contributed by atoms with E-state index in [0.29, 0.717) is 20.8 Å². The summed E-state index contributed by atoms with van der Waals surface area (Å²) in [6.45, 7) is 3.62. The molecule has 0 unspecified atom stereocenters. The number of ketones is 1. The standard InChI is InChI=1S/C14H15N3O2S2/c1-9(2)12(19)15-13-16-17-14(21-13)20-8-11(18)10-6-4-3-5-7-10/h3-7,9H,8H2,1-2H3,(H,15,16,19). The first-order valence-corrected chi connectivity index (χ1v) is 8.22. The van der Waals surface area contributed by atoms with E-state index < -0.39 is 0 Å². The fourth-order valence-electron chi connectivity index (χ4n) is 1.40. The molecule has 0 bridgehead atoms. The van der Waals surface area contributed by atoms with Gasteiger partial charge in [0.1, 0.15) is 0 Å². The molecule has 2 rings (SSSR count). The average molecular weight is 321 g/mol. The predicted octanol–water partition coefficient (Wildman–Crippen LogP) is 3.11. The summed E-state index contributed by atoms with van der Waals surface area (Å²) in [4.78, 5) is 23.5. The van der Waals surface area contributed by atoms with Crippen molar-refractivity contribution in [2.24, 2.45) is 5.92 Å². The first kappa shape index (κ1) is 15.7. The zero-order chi connectivity index (χ0) is 15.2. The molecule has 0 aliphatic rings. The first-order valence-electron chi connectivity index (χ1n) is 6.41. The Balaban J connectivity index is 1.88. The Morgan fingerprint density at radius 3 is 2.62 bits per heavy atom. The number of rotatable bonds is 6. The molecule has 0 spiro atoms. The minimum absolute atomic E-state index is 0.0450. The molecule has 0 atom stereocenters. The zero-order valence-electron chi connectivity index (χ0n) is 11.7. The zero-order valence-corrected chi connectivity index (χ0v) is 13.3. The summed E-state index contributed by atoms with van der Waals surface area (Å²) in [5, 5.41) is 11.0. The highest BCUT2D eigenvalue weighted by atomic mass is 32.2. The Morgan fingerprint density at radius 1 is 1.24 bits per heavy atom. The van der Waals surface area contributed by atoms with Gasteiger partial charge < -0.3 is 5.32 Å². The molecule has 1 amide bonds. The number of carbonyl (C=O) groups excluding carboxylic acids is 2. The van der Waals surface area contributed by atoms with Crippen molar-refractivity contribution in [3.8, 4) is 0 Å². The molecule has 0 saturated carbocycles. The Hall–Kier alpha value is -1.73. The maximum Gasteiger partial charge on any atom is 0.228 e. The summed E-state index contributed by atoms with van der Waals surface area (Å²) >= 11 is 2.60. The molecule has 5 nitrogen and oxygen atoms in total. The highest BCUT2D eigenvalue weighted by Gasteiger charge is 2.13. The van der Waals surface area contributed by atoms with Gasteiger partial charge in [0.2, 0.25) is 11.0 Å². The van der Waals surface area contributed by atoms with E-state index in [0.717, 1.165) is 0 Å². The number of amides is 1. The number of hydrogen-bond acceptors (Lipinski definition) is 6. The SMILES string of the molecule is CC(C)C(=O)Nc1nnc(SCC(=O)c2ccccc2)s1. The van der Waals surface area contributed by atoms with Crippen molar-refractivity contribution in [1.82, 2.24) is 10.2 Å². The second-order valence-electron chi connectivity index (χ2n) is 4.59. The second-order valence-corrected chi connectivity index (χ2v) is 6.79. The van der Waals surface area contributed by atoms with Crippen LogP contribution in [0.5, 0.6) is 0 Å². The molecule has 0 aliphatic carbocycles. The van der Waals surface area contributed by atoms with Gasteiger partial charge in [-0.25, -0.2) is 0 Å². The number of nitrogens with zero attached hydrogens (tertiary/aromatic N) is 2. The smallest absolute Gasteiger partial charge is 0.228 e. The van der Waals surface area contributed by atoms with Gasteiger partial charge in [-0.1, -0.05) is 67.3 Å². The normalized spacial score (nSPS) is 10.6. The molecule has 2 aromatic rings. The highest BCUT2D eigenvalue weighted by molar-refractivity contribution is 8.01. The summed E-state index contributed by atoms with van der Waals surface area (Å²) in [5.74, 6) is 0.146. The number of carbonyl (C=O) groups is 2. The van der Waals surface area contributed by atoms with Crippen LogP contribution in [0.15, 0.2) is 34.7 Å². The topological polar surface area (TPSA) is 72.0 Å². The van der Waals surface area contributed by atoms with E-state index >= 15 is 0 Å². The number of aromatic nitrogens is 2. The van der Waals surface area contributed by atoms with Crippen molar-refractivity contribution < 1.29 is 9.59 Å². The third kappa shape index (κ3) is 4.64. The quantitative estimate of drug-likeness (QED) is 0.503. The maximum atomic E-state index is 12.0. The third-order valence-electron chi connectivity index (χ3n) is 2.58. The van der Waals surface area contributed by atoms with E-state index in [1.54, 1.807) is 12.1 Å². The van der Waals surface area contributed by atoms with Gasteiger partial charge in [-0.15, -0.1) is 10.2 Å². The average Bonchev–Trinajstić information content (AvgIpc) is 2.93. The van der Waals surface area contributed by atoms with Gasteiger partial charge >= 0.3 is 0 Å². The van der Waals surface area contributed by atoms with Gasteiger partial charge in [0, 0.05) is 11.5 Å². The van der Waals surface area contributed by atoms with Crippen molar-refractivity contribution in [2.75, 3.05) is 11.1 Å². The van der Waals surface area contributed by atoms with Crippen LogP contribution in [0.3, 0.4) is 0 Å². The number of thioether (sulfide) groups is 1. The van der Waals surface area contributed by atoms with E-state index in [9.17, 15) is 9.59 Å². The second kappa shape index (κ2) is 7.33. The highest BCUT2D eigenvalue weighted by Crippen LogP contribution is 2.26. The Morgan fingerprint density at radius 2 is 1.95 bits per heavy atom. The Labute approximate surface area is 131 Å². The van der Waals surface area contributed by atoms with E-state index in [4.69, 9.17) is 0 Å². The summed E-state index contributed by atoms with van der Waals surface area (Å²) in [5.41, 5.74) is 0.683. The number of anilines is 1. The minimum Gasteiger partial charge on any atom is -0.300 e. The maximum absolute atomic E-state index is 12.0. The van der Waals surface area contributed by atoms with Crippen LogP contribution in [0.1, 0.15) is 24.2 Å².